The van der Waals surface area contributed by atoms with Gasteiger partial charge in [-0.3, -0.25) is 0 Å². The van der Waals surface area contributed by atoms with Gasteiger partial charge >= 0.3 is 0 Å². The summed E-state index contributed by atoms with van der Waals surface area (Å²) in [5.74, 6) is 0. The van der Waals surface area contributed by atoms with Gasteiger partial charge in [0.2, 0.25) is 0 Å². The van der Waals surface area contributed by atoms with Crippen molar-refractivity contribution in [3.05, 3.63) is 34.3 Å². The first-order valence-corrected chi connectivity index (χ1v) is 6.07. The molecule has 0 aliphatic heterocycles. The minimum atomic E-state index is -0.00236. The Kier molecular flexibility index (Phi) is 5.29. The van der Waals surface area contributed by atoms with Gasteiger partial charge in [0.25, 0.3) is 0 Å². The Morgan fingerprint density at radius 1 is 1.47 bits per heavy atom. The first kappa shape index (κ1) is 12.7. The van der Waals surface area contributed by atoms with Crippen LogP contribution < -0.4 is 5.73 Å². The van der Waals surface area contributed by atoms with Crippen molar-refractivity contribution >= 4 is 15.9 Å². The van der Waals surface area contributed by atoms with E-state index in [1.165, 1.54) is 0 Å². The van der Waals surface area contributed by atoms with Crippen LogP contribution in [0.5, 0.6) is 0 Å². The van der Waals surface area contributed by atoms with E-state index < -0.39 is 0 Å². The molecule has 0 spiro atoms. The Labute approximate surface area is 99.9 Å². The van der Waals surface area contributed by atoms with Gasteiger partial charge in [-0.1, -0.05) is 35.0 Å². The van der Waals surface area contributed by atoms with Gasteiger partial charge in [-0.15, -0.1) is 0 Å². The largest absolute Gasteiger partial charge is 0.369 e. The van der Waals surface area contributed by atoms with Crippen LogP contribution in [0, 0.1) is 0 Å². The van der Waals surface area contributed by atoms with Crippen LogP contribution in [0.1, 0.15) is 31.9 Å². The normalized spacial score (nSPS) is 14.9. The summed E-state index contributed by atoms with van der Waals surface area (Å²) in [6.07, 6.45) is 1.25. The molecule has 3 heteroatoms. The predicted molar refractivity (Wildman–Crippen MR) is 66.8 cm³/mol. The highest BCUT2D eigenvalue weighted by molar-refractivity contribution is 9.10. The number of halogens is 1. The van der Waals surface area contributed by atoms with E-state index in [9.17, 15) is 0 Å². The van der Waals surface area contributed by atoms with Crippen molar-refractivity contribution in [2.75, 3.05) is 6.54 Å². The molecule has 2 N–H and O–H groups in total. The summed E-state index contributed by atoms with van der Waals surface area (Å²) in [5.41, 5.74) is 6.85. The molecule has 2 unspecified atom stereocenters. The minimum absolute atomic E-state index is 0.00236. The van der Waals surface area contributed by atoms with E-state index in [1.807, 2.05) is 18.2 Å². The fourth-order valence-electron chi connectivity index (χ4n) is 1.35. The second-order valence-corrected chi connectivity index (χ2v) is 4.55. The molecule has 15 heavy (non-hydrogen) atoms. The van der Waals surface area contributed by atoms with E-state index in [4.69, 9.17) is 10.5 Å². The van der Waals surface area contributed by atoms with Crippen molar-refractivity contribution in [2.45, 2.75) is 32.5 Å². The molecule has 0 aliphatic carbocycles. The van der Waals surface area contributed by atoms with Crippen LogP contribution in [0.3, 0.4) is 0 Å². The summed E-state index contributed by atoms with van der Waals surface area (Å²) < 4.78 is 6.91. The zero-order valence-corrected chi connectivity index (χ0v) is 10.8. The monoisotopic (exact) mass is 271 g/mol. The van der Waals surface area contributed by atoms with Gasteiger partial charge in [0, 0.05) is 11.0 Å². The summed E-state index contributed by atoms with van der Waals surface area (Å²) in [6, 6.07) is 8.10. The van der Waals surface area contributed by atoms with Gasteiger partial charge in [-0.2, -0.15) is 0 Å². The Hall–Kier alpha value is -0.380. The van der Waals surface area contributed by atoms with E-state index in [0.717, 1.165) is 16.5 Å². The quantitative estimate of drug-likeness (QED) is 0.892. The Morgan fingerprint density at radius 2 is 2.20 bits per heavy atom. The fraction of sp³-hybridized carbons (Fsp3) is 0.500. The number of benzene rings is 1. The van der Waals surface area contributed by atoms with Gasteiger partial charge < -0.3 is 10.5 Å². The minimum Gasteiger partial charge on any atom is -0.369 e. The molecule has 1 rings (SSSR count). The highest BCUT2D eigenvalue weighted by Gasteiger charge is 2.13. The lowest BCUT2D eigenvalue weighted by atomic mass is 10.1. The highest BCUT2D eigenvalue weighted by Crippen LogP contribution is 2.22. The van der Waals surface area contributed by atoms with Crippen LogP contribution >= 0.6 is 15.9 Å². The lowest BCUT2D eigenvalue weighted by molar-refractivity contribution is -0.0000524. The van der Waals surface area contributed by atoms with Crippen LogP contribution in [0.15, 0.2) is 28.7 Å². The van der Waals surface area contributed by atoms with Crippen molar-refractivity contribution < 1.29 is 4.74 Å². The van der Waals surface area contributed by atoms with Gasteiger partial charge in [-0.05, 0) is 31.0 Å². The maximum Gasteiger partial charge on any atom is 0.0951 e. The maximum atomic E-state index is 5.84. The molecule has 2 atom stereocenters. The van der Waals surface area contributed by atoms with Gasteiger partial charge in [-0.25, -0.2) is 0 Å². The fourth-order valence-corrected chi connectivity index (χ4v) is 1.77. The molecule has 0 radical (unpaired) electrons. The number of nitrogens with two attached hydrogens (primary N) is 1. The number of ether oxygens (including phenoxy) is 1. The molecule has 0 amide bonds. The molecule has 0 fully saturated rings. The number of hydrogen-bond acceptors (Lipinski definition) is 2. The molecule has 0 aliphatic rings. The molecule has 0 saturated heterocycles. The Bertz CT molecular complexity index is 303. The lowest BCUT2D eigenvalue weighted by Gasteiger charge is -2.20. The third-order valence-corrected chi connectivity index (χ3v) is 2.90. The van der Waals surface area contributed by atoms with E-state index in [1.54, 1.807) is 0 Å². The molecular formula is C12H18BrNO. The second-order valence-electron chi connectivity index (χ2n) is 3.63. The zero-order chi connectivity index (χ0) is 11.3. The standard InChI is InChI=1S/C12H18BrNO/c1-3-9(2)15-12(8-14)10-5-4-6-11(13)7-10/h4-7,9,12H,3,8,14H2,1-2H3. The van der Waals surface area contributed by atoms with E-state index in [-0.39, 0.29) is 12.2 Å². The molecule has 0 aromatic heterocycles. The molecule has 0 saturated carbocycles. The molecule has 84 valence electrons. The average Bonchev–Trinajstić information content (AvgIpc) is 2.25. The van der Waals surface area contributed by atoms with Crippen molar-refractivity contribution in [1.29, 1.82) is 0 Å². The number of hydrogen-bond donors (Lipinski definition) is 1. The molecule has 0 heterocycles. The topological polar surface area (TPSA) is 35.2 Å². The van der Waals surface area contributed by atoms with E-state index in [0.29, 0.717) is 6.54 Å². The van der Waals surface area contributed by atoms with Crippen LogP contribution in [0.25, 0.3) is 0 Å². The van der Waals surface area contributed by atoms with Crippen molar-refractivity contribution in [2.24, 2.45) is 5.73 Å². The van der Waals surface area contributed by atoms with Crippen LogP contribution in [-0.2, 0) is 4.74 Å². The molecule has 2 nitrogen and oxygen atoms in total. The Morgan fingerprint density at radius 3 is 2.73 bits per heavy atom. The van der Waals surface area contributed by atoms with Gasteiger partial charge in [0.05, 0.1) is 12.2 Å². The average molecular weight is 272 g/mol. The molecular weight excluding hydrogens is 254 g/mol. The molecule has 1 aromatic carbocycles. The first-order chi connectivity index (χ1) is 7.17. The van der Waals surface area contributed by atoms with Crippen LogP contribution in [0.2, 0.25) is 0 Å². The summed E-state index contributed by atoms with van der Waals surface area (Å²) in [6.45, 7) is 4.70. The van der Waals surface area contributed by atoms with Crippen LogP contribution in [0.4, 0.5) is 0 Å². The van der Waals surface area contributed by atoms with Crippen molar-refractivity contribution in [1.82, 2.24) is 0 Å². The highest BCUT2D eigenvalue weighted by atomic mass is 79.9. The molecule has 1 aromatic rings. The predicted octanol–water partition coefficient (Wildman–Crippen LogP) is 3.26. The van der Waals surface area contributed by atoms with Gasteiger partial charge in [0.15, 0.2) is 0 Å². The van der Waals surface area contributed by atoms with E-state index in [2.05, 4.69) is 35.8 Å². The number of rotatable bonds is 5. The van der Waals surface area contributed by atoms with Crippen molar-refractivity contribution in [3.8, 4) is 0 Å². The summed E-state index contributed by atoms with van der Waals surface area (Å²) in [7, 11) is 0. The second kappa shape index (κ2) is 6.26. The third kappa shape index (κ3) is 3.93. The maximum absolute atomic E-state index is 5.84. The summed E-state index contributed by atoms with van der Waals surface area (Å²) in [5, 5.41) is 0. The summed E-state index contributed by atoms with van der Waals surface area (Å²) >= 11 is 3.45. The zero-order valence-electron chi connectivity index (χ0n) is 9.24. The first-order valence-electron chi connectivity index (χ1n) is 5.28. The van der Waals surface area contributed by atoms with Crippen molar-refractivity contribution in [3.63, 3.8) is 0 Å². The molecule has 0 bridgehead atoms. The van der Waals surface area contributed by atoms with E-state index >= 15 is 0 Å². The smallest absolute Gasteiger partial charge is 0.0951 e. The van der Waals surface area contributed by atoms with Crippen LogP contribution in [-0.4, -0.2) is 12.6 Å². The van der Waals surface area contributed by atoms with Gasteiger partial charge in [0.1, 0.15) is 0 Å². The lowest BCUT2D eigenvalue weighted by Crippen LogP contribution is -2.20. The third-order valence-electron chi connectivity index (χ3n) is 2.41. The Balaban J connectivity index is 2.73. The summed E-state index contributed by atoms with van der Waals surface area (Å²) in [4.78, 5) is 0. The SMILES string of the molecule is CCC(C)OC(CN)c1cccc(Br)c1.